The van der Waals surface area contributed by atoms with Gasteiger partial charge in [0.2, 0.25) is 0 Å². The lowest BCUT2D eigenvalue weighted by Crippen LogP contribution is -2.35. The van der Waals surface area contributed by atoms with Crippen molar-refractivity contribution in [1.82, 2.24) is 15.1 Å². The summed E-state index contributed by atoms with van der Waals surface area (Å²) in [5.41, 5.74) is 2.53. The zero-order valence-electron chi connectivity index (χ0n) is 13.1. The van der Waals surface area contributed by atoms with E-state index in [-0.39, 0.29) is 0 Å². The number of aromatic nitrogens is 2. The summed E-state index contributed by atoms with van der Waals surface area (Å²) in [4.78, 5) is 2.56. The molecule has 1 saturated heterocycles. The lowest BCUT2D eigenvalue weighted by molar-refractivity contribution is 0.103. The van der Waals surface area contributed by atoms with Gasteiger partial charge in [-0.15, -0.1) is 0 Å². The summed E-state index contributed by atoms with van der Waals surface area (Å²) in [6, 6.07) is 12.5. The van der Waals surface area contributed by atoms with Gasteiger partial charge in [0.15, 0.2) is 0 Å². The summed E-state index contributed by atoms with van der Waals surface area (Å²) in [6.07, 6.45) is 5.49. The lowest BCUT2D eigenvalue weighted by atomic mass is 9.95. The van der Waals surface area contributed by atoms with Crippen molar-refractivity contribution in [2.75, 3.05) is 26.2 Å². The highest BCUT2D eigenvalue weighted by Gasteiger charge is 2.21. The molecule has 1 aromatic carbocycles. The normalized spacial score (nSPS) is 19.4. The Bertz CT molecular complexity index is 527. The first-order valence-electron chi connectivity index (χ1n) is 8.25. The SMILES string of the molecule is c1ccc(COCCCN2CCCC(c3ccn[nH]3)C2)cc1. The Kier molecular flexibility index (Phi) is 5.62. The molecular weight excluding hydrogens is 274 g/mol. The van der Waals surface area contributed by atoms with Gasteiger partial charge in [0, 0.05) is 37.5 Å². The van der Waals surface area contributed by atoms with Crippen molar-refractivity contribution in [3.8, 4) is 0 Å². The minimum absolute atomic E-state index is 0.612. The number of nitrogens with zero attached hydrogens (tertiary/aromatic N) is 2. The van der Waals surface area contributed by atoms with Gasteiger partial charge in [0.1, 0.15) is 0 Å². The Balaban J connectivity index is 1.33. The number of hydrogen-bond donors (Lipinski definition) is 1. The van der Waals surface area contributed by atoms with E-state index < -0.39 is 0 Å². The minimum Gasteiger partial charge on any atom is -0.377 e. The van der Waals surface area contributed by atoms with E-state index in [1.165, 1.54) is 30.6 Å². The fourth-order valence-electron chi connectivity index (χ4n) is 3.16. The molecule has 1 aliphatic heterocycles. The fraction of sp³-hybridized carbons (Fsp3) is 0.500. The molecule has 1 aromatic heterocycles. The van der Waals surface area contributed by atoms with Crippen LogP contribution in [0.25, 0.3) is 0 Å². The maximum atomic E-state index is 5.77. The van der Waals surface area contributed by atoms with Gasteiger partial charge >= 0.3 is 0 Å². The number of H-pyrrole nitrogens is 1. The van der Waals surface area contributed by atoms with E-state index in [2.05, 4.69) is 45.4 Å². The second-order valence-electron chi connectivity index (χ2n) is 6.04. The number of nitrogens with one attached hydrogen (secondary N) is 1. The van der Waals surface area contributed by atoms with Crippen LogP contribution in [0.2, 0.25) is 0 Å². The third-order valence-corrected chi connectivity index (χ3v) is 4.34. The molecule has 0 amide bonds. The molecule has 0 saturated carbocycles. The molecule has 4 nitrogen and oxygen atoms in total. The van der Waals surface area contributed by atoms with Crippen molar-refractivity contribution in [3.05, 3.63) is 53.9 Å². The van der Waals surface area contributed by atoms with Crippen molar-refractivity contribution < 1.29 is 4.74 Å². The summed E-state index contributed by atoms with van der Waals surface area (Å²) >= 11 is 0. The van der Waals surface area contributed by atoms with Crippen molar-refractivity contribution in [1.29, 1.82) is 0 Å². The molecule has 1 unspecified atom stereocenters. The Labute approximate surface area is 132 Å². The van der Waals surface area contributed by atoms with E-state index in [0.29, 0.717) is 5.92 Å². The van der Waals surface area contributed by atoms with Gasteiger partial charge in [-0.2, -0.15) is 5.10 Å². The summed E-state index contributed by atoms with van der Waals surface area (Å²) in [5.74, 6) is 0.612. The molecule has 0 radical (unpaired) electrons. The van der Waals surface area contributed by atoms with Crippen LogP contribution in [0.3, 0.4) is 0 Å². The smallest absolute Gasteiger partial charge is 0.0716 e. The Morgan fingerprint density at radius 2 is 2.14 bits per heavy atom. The topological polar surface area (TPSA) is 41.1 Å². The van der Waals surface area contributed by atoms with Crippen LogP contribution in [0.1, 0.15) is 36.4 Å². The zero-order chi connectivity index (χ0) is 15.0. The molecule has 0 spiro atoms. The number of piperidine rings is 1. The average Bonchev–Trinajstić information content (AvgIpc) is 3.10. The van der Waals surface area contributed by atoms with Gasteiger partial charge in [0.25, 0.3) is 0 Å². The molecule has 2 heterocycles. The van der Waals surface area contributed by atoms with Crippen LogP contribution in [-0.2, 0) is 11.3 Å². The van der Waals surface area contributed by atoms with Gasteiger partial charge in [-0.05, 0) is 37.4 Å². The Morgan fingerprint density at radius 1 is 1.23 bits per heavy atom. The van der Waals surface area contributed by atoms with Crippen molar-refractivity contribution >= 4 is 0 Å². The maximum Gasteiger partial charge on any atom is 0.0716 e. The molecule has 0 aliphatic carbocycles. The van der Waals surface area contributed by atoms with E-state index >= 15 is 0 Å². The van der Waals surface area contributed by atoms with E-state index in [9.17, 15) is 0 Å². The molecule has 118 valence electrons. The number of hydrogen-bond acceptors (Lipinski definition) is 3. The largest absolute Gasteiger partial charge is 0.377 e. The first kappa shape index (κ1) is 15.3. The van der Waals surface area contributed by atoms with Crippen LogP contribution in [0.4, 0.5) is 0 Å². The lowest BCUT2D eigenvalue weighted by Gasteiger charge is -2.32. The van der Waals surface area contributed by atoms with E-state index in [1.807, 2.05) is 12.3 Å². The van der Waals surface area contributed by atoms with Gasteiger partial charge in [-0.25, -0.2) is 0 Å². The predicted octanol–water partition coefficient (Wildman–Crippen LogP) is 3.20. The highest BCUT2D eigenvalue weighted by atomic mass is 16.5. The van der Waals surface area contributed by atoms with Crippen molar-refractivity contribution in [2.45, 2.75) is 31.8 Å². The first-order chi connectivity index (χ1) is 10.9. The second-order valence-corrected chi connectivity index (χ2v) is 6.04. The van der Waals surface area contributed by atoms with Crippen LogP contribution in [0.5, 0.6) is 0 Å². The van der Waals surface area contributed by atoms with E-state index in [4.69, 9.17) is 4.74 Å². The van der Waals surface area contributed by atoms with Gasteiger partial charge in [-0.3, -0.25) is 5.10 Å². The van der Waals surface area contributed by atoms with Crippen LogP contribution in [0, 0.1) is 0 Å². The molecule has 1 atom stereocenters. The second kappa shape index (κ2) is 8.11. The fourth-order valence-corrected chi connectivity index (χ4v) is 3.16. The molecule has 3 rings (SSSR count). The minimum atomic E-state index is 0.612. The molecular formula is C18H25N3O. The molecule has 0 bridgehead atoms. The molecule has 1 aliphatic rings. The first-order valence-corrected chi connectivity index (χ1v) is 8.25. The standard InChI is InChI=1S/C18H25N3O/c1-2-6-16(7-3-1)15-22-13-5-12-21-11-4-8-17(14-21)18-9-10-19-20-18/h1-3,6-7,9-10,17H,4-5,8,11-15H2,(H,19,20). The van der Waals surface area contributed by atoms with Crippen molar-refractivity contribution in [3.63, 3.8) is 0 Å². The Morgan fingerprint density at radius 3 is 2.95 bits per heavy atom. The Hall–Kier alpha value is -1.65. The molecule has 2 aromatic rings. The molecule has 22 heavy (non-hydrogen) atoms. The number of benzene rings is 1. The van der Waals surface area contributed by atoms with Gasteiger partial charge in [0.05, 0.1) is 6.61 Å². The average molecular weight is 299 g/mol. The quantitative estimate of drug-likeness (QED) is 0.798. The number of aromatic amines is 1. The van der Waals surface area contributed by atoms with Crippen LogP contribution < -0.4 is 0 Å². The third kappa shape index (κ3) is 4.42. The van der Waals surface area contributed by atoms with Crippen LogP contribution >= 0.6 is 0 Å². The predicted molar refractivity (Wildman–Crippen MR) is 87.7 cm³/mol. The molecule has 4 heteroatoms. The number of likely N-dealkylation sites (tertiary alicyclic amines) is 1. The van der Waals surface area contributed by atoms with Crippen LogP contribution in [0.15, 0.2) is 42.6 Å². The van der Waals surface area contributed by atoms with Crippen LogP contribution in [-0.4, -0.2) is 41.3 Å². The third-order valence-electron chi connectivity index (χ3n) is 4.34. The van der Waals surface area contributed by atoms with Gasteiger partial charge < -0.3 is 9.64 Å². The summed E-state index contributed by atoms with van der Waals surface area (Å²) in [5, 5.41) is 7.19. The van der Waals surface area contributed by atoms with Gasteiger partial charge in [-0.1, -0.05) is 30.3 Å². The number of ether oxygens (including phenoxy) is 1. The van der Waals surface area contributed by atoms with Crippen molar-refractivity contribution in [2.24, 2.45) is 0 Å². The summed E-state index contributed by atoms with van der Waals surface area (Å²) in [7, 11) is 0. The highest BCUT2D eigenvalue weighted by molar-refractivity contribution is 5.13. The maximum absolute atomic E-state index is 5.77. The monoisotopic (exact) mass is 299 g/mol. The summed E-state index contributed by atoms with van der Waals surface area (Å²) in [6.45, 7) is 5.03. The zero-order valence-corrected chi connectivity index (χ0v) is 13.1. The number of rotatable bonds is 7. The molecule has 1 fully saturated rings. The van der Waals surface area contributed by atoms with E-state index in [0.717, 1.165) is 32.7 Å². The summed E-state index contributed by atoms with van der Waals surface area (Å²) < 4.78 is 5.77. The highest BCUT2D eigenvalue weighted by Crippen LogP contribution is 2.25. The van der Waals surface area contributed by atoms with E-state index in [1.54, 1.807) is 0 Å². The molecule has 1 N–H and O–H groups in total.